The topological polar surface area (TPSA) is 99.3 Å². The lowest BCUT2D eigenvalue weighted by atomic mass is 10.1. The summed E-state index contributed by atoms with van der Waals surface area (Å²) in [6, 6.07) is -0.625. The van der Waals surface area contributed by atoms with Gasteiger partial charge in [0, 0.05) is 12.6 Å². The van der Waals surface area contributed by atoms with Crippen molar-refractivity contribution in [2.75, 3.05) is 6.54 Å². The fourth-order valence-corrected chi connectivity index (χ4v) is 4.02. The second-order valence-corrected chi connectivity index (χ2v) is 6.91. The Morgan fingerprint density at radius 1 is 1.44 bits per heavy atom. The fourth-order valence-electron chi connectivity index (χ4n) is 2.22. The lowest BCUT2D eigenvalue weighted by molar-refractivity contribution is 0.263. The number of amidine groups is 1. The van der Waals surface area contributed by atoms with E-state index in [9.17, 15) is 8.42 Å². The number of nitrogens with one attached hydrogen (secondary N) is 2. The summed E-state index contributed by atoms with van der Waals surface area (Å²) in [5.41, 5.74) is 5.45. The monoisotopic (exact) mass is 276 g/mol. The standard InChI is InChI=1S/C11H24N4O2S/c1-8(2)10(11(12)13)14-18(16,17)15-7-5-4-6-9(15)3/h8-10,14H,4-7H2,1-3H3,(H3,12,13). The van der Waals surface area contributed by atoms with Gasteiger partial charge in [-0.2, -0.15) is 17.4 Å². The third-order valence-corrected chi connectivity index (χ3v) is 5.04. The molecule has 1 rings (SSSR count). The largest absolute Gasteiger partial charge is 0.386 e. The summed E-state index contributed by atoms with van der Waals surface area (Å²) in [7, 11) is -3.56. The number of hydrogen-bond donors (Lipinski definition) is 3. The Bertz CT molecular complexity index is 394. The zero-order chi connectivity index (χ0) is 13.9. The van der Waals surface area contributed by atoms with Crippen molar-refractivity contribution in [3.63, 3.8) is 0 Å². The molecule has 0 spiro atoms. The first-order chi connectivity index (χ1) is 8.25. The molecule has 2 atom stereocenters. The van der Waals surface area contributed by atoms with Crippen LogP contribution >= 0.6 is 0 Å². The van der Waals surface area contributed by atoms with Gasteiger partial charge in [-0.3, -0.25) is 5.41 Å². The van der Waals surface area contributed by atoms with Crippen LogP contribution in [0.5, 0.6) is 0 Å². The summed E-state index contributed by atoms with van der Waals surface area (Å²) < 4.78 is 28.6. The number of hydrogen-bond acceptors (Lipinski definition) is 3. The molecule has 6 nitrogen and oxygen atoms in total. The van der Waals surface area contributed by atoms with Crippen molar-refractivity contribution in [3.8, 4) is 0 Å². The van der Waals surface area contributed by atoms with Gasteiger partial charge in [-0.1, -0.05) is 20.3 Å². The molecule has 1 saturated heterocycles. The molecule has 2 unspecified atom stereocenters. The van der Waals surface area contributed by atoms with Crippen LogP contribution in [-0.2, 0) is 10.2 Å². The van der Waals surface area contributed by atoms with Crippen LogP contribution in [0.1, 0.15) is 40.0 Å². The molecule has 106 valence electrons. The minimum atomic E-state index is -3.56. The van der Waals surface area contributed by atoms with Crippen LogP contribution in [0.3, 0.4) is 0 Å². The van der Waals surface area contributed by atoms with E-state index in [1.165, 1.54) is 4.31 Å². The Morgan fingerprint density at radius 3 is 2.50 bits per heavy atom. The van der Waals surface area contributed by atoms with Crippen molar-refractivity contribution in [1.82, 2.24) is 9.03 Å². The highest BCUT2D eigenvalue weighted by Crippen LogP contribution is 2.19. The highest BCUT2D eigenvalue weighted by atomic mass is 32.2. The van der Waals surface area contributed by atoms with Crippen LogP contribution < -0.4 is 10.5 Å². The van der Waals surface area contributed by atoms with Gasteiger partial charge in [0.15, 0.2) is 0 Å². The quantitative estimate of drug-likeness (QED) is 0.508. The molecule has 0 amide bonds. The number of piperidine rings is 1. The first-order valence-electron chi connectivity index (χ1n) is 6.38. The summed E-state index contributed by atoms with van der Waals surface area (Å²) >= 11 is 0. The second-order valence-electron chi connectivity index (χ2n) is 5.26. The van der Waals surface area contributed by atoms with Gasteiger partial charge in [0.05, 0.1) is 6.04 Å². The van der Waals surface area contributed by atoms with E-state index in [-0.39, 0.29) is 17.8 Å². The van der Waals surface area contributed by atoms with Gasteiger partial charge in [-0.25, -0.2) is 0 Å². The molecule has 0 aromatic carbocycles. The van der Waals surface area contributed by atoms with E-state index in [0.717, 1.165) is 19.3 Å². The molecule has 0 aliphatic carbocycles. The maximum absolute atomic E-state index is 12.3. The second kappa shape index (κ2) is 5.99. The molecule has 0 bridgehead atoms. The van der Waals surface area contributed by atoms with Gasteiger partial charge >= 0.3 is 0 Å². The van der Waals surface area contributed by atoms with Crippen molar-refractivity contribution < 1.29 is 8.42 Å². The maximum atomic E-state index is 12.3. The zero-order valence-corrected chi connectivity index (χ0v) is 12.1. The molecule has 4 N–H and O–H groups in total. The molecular formula is C11H24N4O2S. The number of nitrogens with zero attached hydrogens (tertiary/aromatic N) is 1. The molecular weight excluding hydrogens is 252 g/mol. The molecule has 1 fully saturated rings. The van der Waals surface area contributed by atoms with Crippen LogP contribution in [-0.4, -0.2) is 37.2 Å². The smallest absolute Gasteiger partial charge is 0.280 e. The Hall–Kier alpha value is -0.660. The molecule has 0 aromatic rings. The average Bonchev–Trinajstić information content (AvgIpc) is 2.25. The molecule has 0 aromatic heterocycles. The van der Waals surface area contributed by atoms with Crippen molar-refractivity contribution >= 4 is 16.0 Å². The zero-order valence-electron chi connectivity index (χ0n) is 11.3. The van der Waals surface area contributed by atoms with Crippen LogP contribution in [0.25, 0.3) is 0 Å². The normalized spacial score (nSPS) is 24.1. The Balaban J connectivity index is 2.82. The highest BCUT2D eigenvalue weighted by molar-refractivity contribution is 7.87. The van der Waals surface area contributed by atoms with E-state index in [0.29, 0.717) is 6.54 Å². The first kappa shape index (κ1) is 15.4. The van der Waals surface area contributed by atoms with Crippen LogP contribution in [0.15, 0.2) is 0 Å². The summed E-state index contributed by atoms with van der Waals surface area (Å²) in [4.78, 5) is 0. The van der Waals surface area contributed by atoms with Crippen molar-refractivity contribution in [2.24, 2.45) is 11.7 Å². The molecule has 1 aliphatic heterocycles. The summed E-state index contributed by atoms with van der Waals surface area (Å²) in [5.74, 6) is -0.185. The van der Waals surface area contributed by atoms with Crippen molar-refractivity contribution in [2.45, 2.75) is 52.1 Å². The Labute approximate surface area is 110 Å². The van der Waals surface area contributed by atoms with Gasteiger partial charge in [0.25, 0.3) is 10.2 Å². The van der Waals surface area contributed by atoms with E-state index in [1.54, 1.807) is 0 Å². The SMILES string of the molecule is CC(C)C(NS(=O)(=O)N1CCCCC1C)C(=N)N. The Kier molecular flexibility index (Phi) is 5.12. The predicted molar refractivity (Wildman–Crippen MR) is 72.6 cm³/mol. The third-order valence-electron chi connectivity index (χ3n) is 3.33. The lowest BCUT2D eigenvalue weighted by Crippen LogP contribution is -2.55. The Morgan fingerprint density at radius 2 is 2.06 bits per heavy atom. The lowest BCUT2D eigenvalue weighted by Gasteiger charge is -2.34. The first-order valence-corrected chi connectivity index (χ1v) is 7.82. The van der Waals surface area contributed by atoms with Crippen LogP contribution in [0.4, 0.5) is 0 Å². The summed E-state index contributed by atoms with van der Waals surface area (Å²) in [6.07, 6.45) is 2.83. The van der Waals surface area contributed by atoms with Gasteiger partial charge in [0.2, 0.25) is 0 Å². The van der Waals surface area contributed by atoms with Crippen LogP contribution in [0.2, 0.25) is 0 Å². The number of nitrogens with two attached hydrogens (primary N) is 1. The highest BCUT2D eigenvalue weighted by Gasteiger charge is 2.32. The third kappa shape index (κ3) is 3.66. The van der Waals surface area contributed by atoms with Crippen molar-refractivity contribution in [1.29, 1.82) is 5.41 Å². The summed E-state index contributed by atoms with van der Waals surface area (Å²) in [5, 5.41) is 7.46. The molecule has 1 heterocycles. The van der Waals surface area contributed by atoms with E-state index in [2.05, 4.69) is 4.72 Å². The van der Waals surface area contributed by atoms with Gasteiger partial charge < -0.3 is 5.73 Å². The van der Waals surface area contributed by atoms with Crippen LogP contribution in [0, 0.1) is 11.3 Å². The van der Waals surface area contributed by atoms with E-state index < -0.39 is 16.3 Å². The molecule has 0 saturated carbocycles. The maximum Gasteiger partial charge on any atom is 0.280 e. The van der Waals surface area contributed by atoms with E-state index in [1.807, 2.05) is 20.8 Å². The van der Waals surface area contributed by atoms with E-state index >= 15 is 0 Å². The molecule has 18 heavy (non-hydrogen) atoms. The molecule has 7 heteroatoms. The minimum Gasteiger partial charge on any atom is -0.386 e. The summed E-state index contributed by atoms with van der Waals surface area (Å²) in [6.45, 7) is 6.14. The number of rotatable bonds is 5. The van der Waals surface area contributed by atoms with E-state index in [4.69, 9.17) is 11.1 Å². The fraction of sp³-hybridized carbons (Fsp3) is 0.909. The molecule has 0 radical (unpaired) electrons. The van der Waals surface area contributed by atoms with Gasteiger partial charge in [0.1, 0.15) is 5.84 Å². The van der Waals surface area contributed by atoms with Crippen molar-refractivity contribution in [3.05, 3.63) is 0 Å². The van der Waals surface area contributed by atoms with Gasteiger partial charge in [-0.05, 0) is 25.7 Å². The minimum absolute atomic E-state index is 0.0102. The predicted octanol–water partition coefficient (Wildman–Crippen LogP) is 0.656. The molecule has 1 aliphatic rings. The van der Waals surface area contributed by atoms with Gasteiger partial charge in [-0.15, -0.1) is 0 Å². The average molecular weight is 276 g/mol.